The number of sulfonamides is 1. The van der Waals surface area contributed by atoms with Crippen LogP contribution in [0.2, 0.25) is 5.02 Å². The van der Waals surface area contributed by atoms with Gasteiger partial charge in [0, 0.05) is 16.6 Å². The highest BCUT2D eigenvalue weighted by atomic mass is 35.5. The molecule has 3 aromatic carbocycles. The first-order valence-electron chi connectivity index (χ1n) is 10.1. The Morgan fingerprint density at radius 3 is 2.38 bits per heavy atom. The third-order valence-corrected chi connectivity index (χ3v) is 6.74. The van der Waals surface area contributed by atoms with Gasteiger partial charge in [0.05, 0.1) is 17.7 Å². The van der Waals surface area contributed by atoms with E-state index >= 15 is 0 Å². The quantitative estimate of drug-likeness (QED) is 0.464. The third-order valence-electron chi connectivity index (χ3n) is 4.90. The molecule has 0 spiro atoms. The lowest BCUT2D eigenvalue weighted by Crippen LogP contribution is -2.33. The van der Waals surface area contributed by atoms with Crippen molar-refractivity contribution in [2.24, 2.45) is 0 Å². The van der Waals surface area contributed by atoms with Gasteiger partial charge in [-0.25, -0.2) is 13.1 Å². The predicted octanol–water partition coefficient (Wildman–Crippen LogP) is 4.90. The Morgan fingerprint density at radius 2 is 1.72 bits per heavy atom. The zero-order chi connectivity index (χ0) is 23.1. The summed E-state index contributed by atoms with van der Waals surface area (Å²) in [5, 5.41) is 3.22. The summed E-state index contributed by atoms with van der Waals surface area (Å²) in [6.45, 7) is 1.83. The highest BCUT2D eigenvalue weighted by molar-refractivity contribution is 7.89. The Morgan fingerprint density at radius 1 is 1.03 bits per heavy atom. The topological polar surface area (TPSA) is 84.5 Å². The monoisotopic (exact) mass is 472 g/mol. The van der Waals surface area contributed by atoms with Gasteiger partial charge in [0.1, 0.15) is 5.75 Å². The number of carbonyl (C=O) groups is 1. The maximum absolute atomic E-state index is 12.9. The predicted molar refractivity (Wildman–Crippen MR) is 127 cm³/mol. The zero-order valence-corrected chi connectivity index (χ0v) is 19.4. The summed E-state index contributed by atoms with van der Waals surface area (Å²) in [5.74, 6) is -0.0536. The summed E-state index contributed by atoms with van der Waals surface area (Å²) in [6, 6.07) is 20.4. The van der Waals surface area contributed by atoms with Gasteiger partial charge in [-0.1, -0.05) is 41.9 Å². The normalized spacial score (nSPS) is 12.2. The molecule has 0 aromatic heterocycles. The van der Waals surface area contributed by atoms with Crippen molar-refractivity contribution in [3.8, 4) is 5.75 Å². The number of carbonyl (C=O) groups excluding carboxylic acids is 1. The molecule has 6 nitrogen and oxygen atoms in total. The maximum Gasteiger partial charge on any atom is 0.255 e. The average Bonchev–Trinajstić information content (AvgIpc) is 2.78. The first-order chi connectivity index (χ1) is 15.3. The van der Waals surface area contributed by atoms with Crippen molar-refractivity contribution in [3.63, 3.8) is 0 Å². The van der Waals surface area contributed by atoms with Crippen molar-refractivity contribution in [1.82, 2.24) is 4.72 Å². The summed E-state index contributed by atoms with van der Waals surface area (Å²) < 4.78 is 33.8. The van der Waals surface area contributed by atoms with Gasteiger partial charge in [-0.15, -0.1) is 0 Å². The van der Waals surface area contributed by atoms with Crippen LogP contribution in [0, 0.1) is 0 Å². The molecule has 0 radical (unpaired) electrons. The van der Waals surface area contributed by atoms with Crippen LogP contribution in [-0.4, -0.2) is 27.5 Å². The maximum atomic E-state index is 12.9. The molecule has 3 rings (SSSR count). The molecule has 0 aliphatic rings. The van der Waals surface area contributed by atoms with E-state index in [4.69, 9.17) is 16.3 Å². The Kier molecular flexibility index (Phi) is 7.90. The van der Waals surface area contributed by atoms with Crippen LogP contribution in [0.15, 0.2) is 77.7 Å². The van der Waals surface area contributed by atoms with E-state index in [9.17, 15) is 13.2 Å². The lowest BCUT2D eigenvalue weighted by atomic mass is 10.1. The molecule has 1 amide bonds. The first-order valence-corrected chi connectivity index (χ1v) is 12.0. The lowest BCUT2D eigenvalue weighted by molar-refractivity contribution is 0.102. The van der Waals surface area contributed by atoms with Crippen molar-refractivity contribution in [3.05, 3.63) is 88.9 Å². The molecule has 32 heavy (non-hydrogen) atoms. The Hall–Kier alpha value is -2.87. The molecule has 0 saturated heterocycles. The van der Waals surface area contributed by atoms with E-state index in [1.807, 2.05) is 37.3 Å². The fourth-order valence-corrected chi connectivity index (χ4v) is 4.60. The molecule has 0 fully saturated rings. The molecule has 0 saturated carbocycles. The van der Waals surface area contributed by atoms with E-state index in [1.165, 1.54) is 25.3 Å². The molecular weight excluding hydrogens is 448 g/mol. The van der Waals surface area contributed by atoms with Gasteiger partial charge in [-0.2, -0.15) is 0 Å². The van der Waals surface area contributed by atoms with Crippen LogP contribution in [0.4, 0.5) is 5.69 Å². The first kappa shape index (κ1) is 23.8. The van der Waals surface area contributed by atoms with E-state index in [2.05, 4.69) is 10.0 Å². The number of anilines is 1. The summed E-state index contributed by atoms with van der Waals surface area (Å²) in [6.07, 6.45) is 1.41. The second-order valence-electron chi connectivity index (χ2n) is 7.37. The van der Waals surface area contributed by atoms with Crippen LogP contribution in [-0.2, 0) is 16.4 Å². The second-order valence-corrected chi connectivity index (χ2v) is 9.52. The number of halogens is 1. The van der Waals surface area contributed by atoms with Crippen molar-refractivity contribution in [2.75, 3.05) is 12.4 Å². The van der Waals surface area contributed by atoms with Crippen molar-refractivity contribution in [2.45, 2.75) is 30.7 Å². The number of amides is 1. The van der Waals surface area contributed by atoms with Crippen LogP contribution < -0.4 is 14.8 Å². The minimum Gasteiger partial charge on any atom is -0.495 e. The number of methoxy groups -OCH3 is 1. The molecule has 0 aliphatic heterocycles. The van der Waals surface area contributed by atoms with Gasteiger partial charge in [0.25, 0.3) is 5.91 Å². The van der Waals surface area contributed by atoms with Gasteiger partial charge in [-0.05, 0) is 67.8 Å². The highest BCUT2D eigenvalue weighted by Crippen LogP contribution is 2.28. The third kappa shape index (κ3) is 6.32. The van der Waals surface area contributed by atoms with E-state index in [-0.39, 0.29) is 16.6 Å². The molecule has 168 valence electrons. The fraction of sp³-hybridized carbons (Fsp3) is 0.208. The number of nitrogens with one attached hydrogen (secondary N) is 2. The fourth-order valence-electron chi connectivity index (χ4n) is 3.17. The van der Waals surface area contributed by atoms with Crippen molar-refractivity contribution >= 4 is 33.2 Å². The van der Waals surface area contributed by atoms with E-state index in [0.717, 1.165) is 12.0 Å². The van der Waals surface area contributed by atoms with E-state index in [1.54, 1.807) is 24.3 Å². The van der Waals surface area contributed by atoms with Crippen LogP contribution in [0.1, 0.15) is 29.3 Å². The summed E-state index contributed by atoms with van der Waals surface area (Å²) in [4.78, 5) is 12.6. The number of rotatable bonds is 9. The average molecular weight is 473 g/mol. The largest absolute Gasteiger partial charge is 0.495 e. The van der Waals surface area contributed by atoms with Crippen molar-refractivity contribution < 1.29 is 17.9 Å². The molecule has 1 atom stereocenters. The number of ether oxygens (including phenoxy) is 1. The van der Waals surface area contributed by atoms with Crippen LogP contribution in [0.25, 0.3) is 0 Å². The minimum atomic E-state index is -3.79. The molecule has 0 bridgehead atoms. The lowest BCUT2D eigenvalue weighted by Gasteiger charge is -2.16. The van der Waals surface area contributed by atoms with Gasteiger partial charge in [0.2, 0.25) is 10.0 Å². The Balaban J connectivity index is 1.73. The van der Waals surface area contributed by atoms with Crippen LogP contribution >= 0.6 is 11.6 Å². The van der Waals surface area contributed by atoms with Gasteiger partial charge >= 0.3 is 0 Å². The SMILES string of the molecule is COc1ccc(S(=O)(=O)N[C@@H](C)CCc2ccccc2)cc1NC(=O)c1ccc(Cl)cc1. The summed E-state index contributed by atoms with van der Waals surface area (Å²) in [7, 11) is -2.34. The molecule has 0 heterocycles. The second kappa shape index (κ2) is 10.6. The van der Waals surface area contributed by atoms with Gasteiger partial charge < -0.3 is 10.1 Å². The van der Waals surface area contributed by atoms with E-state index in [0.29, 0.717) is 22.8 Å². The molecule has 0 aliphatic carbocycles. The van der Waals surface area contributed by atoms with E-state index < -0.39 is 15.9 Å². The van der Waals surface area contributed by atoms with Gasteiger partial charge in [0.15, 0.2) is 0 Å². The number of benzene rings is 3. The minimum absolute atomic E-state index is 0.0382. The number of hydrogen-bond donors (Lipinski definition) is 2. The smallest absolute Gasteiger partial charge is 0.255 e. The molecule has 2 N–H and O–H groups in total. The molecule has 0 unspecified atom stereocenters. The Labute approximate surface area is 193 Å². The molecule has 3 aromatic rings. The Bertz CT molecular complexity index is 1170. The summed E-state index contributed by atoms with van der Waals surface area (Å²) in [5.41, 5.74) is 1.79. The van der Waals surface area contributed by atoms with Gasteiger partial charge in [-0.3, -0.25) is 4.79 Å². The number of hydrogen-bond acceptors (Lipinski definition) is 4. The summed E-state index contributed by atoms with van der Waals surface area (Å²) >= 11 is 5.87. The number of aryl methyl sites for hydroxylation is 1. The van der Waals surface area contributed by atoms with Crippen LogP contribution in [0.3, 0.4) is 0 Å². The molecule has 8 heteroatoms. The zero-order valence-electron chi connectivity index (χ0n) is 17.8. The standard InChI is InChI=1S/C24H25ClN2O4S/c1-17(8-9-18-6-4-3-5-7-18)27-32(29,30)21-14-15-23(31-2)22(16-21)26-24(28)19-10-12-20(25)13-11-19/h3-7,10-17,27H,8-9H2,1-2H3,(H,26,28)/t17-/m0/s1. The highest BCUT2D eigenvalue weighted by Gasteiger charge is 2.20. The molecular formula is C24H25ClN2O4S. The van der Waals surface area contributed by atoms with Crippen LogP contribution in [0.5, 0.6) is 5.75 Å². The van der Waals surface area contributed by atoms with Crippen molar-refractivity contribution in [1.29, 1.82) is 0 Å².